The molecule has 0 radical (unpaired) electrons. The molecule has 1 spiro atoms. The van der Waals surface area contributed by atoms with Gasteiger partial charge in [-0.25, -0.2) is 0 Å². The van der Waals surface area contributed by atoms with Crippen molar-refractivity contribution < 1.29 is 13.6 Å². The first-order chi connectivity index (χ1) is 16.0. The molecule has 0 saturated carbocycles. The molecular formula is C29H47NO3Si2. The molecule has 5 rings (SSSR count). The zero-order valence-corrected chi connectivity index (χ0v) is 25.9. The van der Waals surface area contributed by atoms with Crippen LogP contribution in [0.5, 0.6) is 11.5 Å². The van der Waals surface area contributed by atoms with Gasteiger partial charge in [0.05, 0.1) is 0 Å². The van der Waals surface area contributed by atoms with E-state index in [2.05, 4.69) is 104 Å². The summed E-state index contributed by atoms with van der Waals surface area (Å²) in [4.78, 5) is 2.58. The zero-order chi connectivity index (χ0) is 25.8. The van der Waals surface area contributed by atoms with Crippen molar-refractivity contribution in [3.63, 3.8) is 0 Å². The number of piperidine rings is 1. The van der Waals surface area contributed by atoms with Gasteiger partial charge in [-0.1, -0.05) is 59.8 Å². The number of benzene rings is 1. The molecule has 2 heterocycles. The molecule has 1 aromatic carbocycles. The molecule has 1 fully saturated rings. The van der Waals surface area contributed by atoms with E-state index in [-0.39, 0.29) is 27.7 Å². The minimum Gasteiger partial charge on any atom is -0.541 e. The van der Waals surface area contributed by atoms with E-state index in [1.54, 1.807) is 0 Å². The maximum atomic E-state index is 7.10. The summed E-state index contributed by atoms with van der Waals surface area (Å²) in [5.41, 5.74) is 2.88. The van der Waals surface area contributed by atoms with Crippen LogP contribution in [0.2, 0.25) is 36.3 Å². The molecular weight excluding hydrogens is 466 g/mol. The fourth-order valence-electron chi connectivity index (χ4n) is 6.34. The van der Waals surface area contributed by atoms with Gasteiger partial charge in [0.25, 0.3) is 8.32 Å². The maximum Gasteiger partial charge on any atom is 0.250 e. The van der Waals surface area contributed by atoms with Gasteiger partial charge in [-0.15, -0.1) is 0 Å². The van der Waals surface area contributed by atoms with E-state index in [0.29, 0.717) is 12.0 Å². The predicted octanol–water partition coefficient (Wildman–Crippen LogP) is 6.91. The lowest BCUT2D eigenvalue weighted by Gasteiger charge is -2.57. The Morgan fingerprint density at radius 3 is 2.26 bits per heavy atom. The Bertz CT molecular complexity index is 1050. The summed E-state index contributed by atoms with van der Waals surface area (Å²) in [6.07, 6.45) is 7.04. The third kappa shape index (κ3) is 3.64. The van der Waals surface area contributed by atoms with Crippen LogP contribution in [0.4, 0.5) is 0 Å². The molecule has 0 amide bonds. The molecule has 2 aliphatic carbocycles. The van der Waals surface area contributed by atoms with Crippen molar-refractivity contribution in [3.05, 3.63) is 35.4 Å². The van der Waals surface area contributed by atoms with Crippen molar-refractivity contribution in [2.24, 2.45) is 5.92 Å². The second kappa shape index (κ2) is 7.72. The monoisotopic (exact) mass is 513 g/mol. The number of rotatable bonds is 4. The number of likely N-dealkylation sites (tertiary alicyclic amines) is 1. The Balaban J connectivity index is 1.63. The van der Waals surface area contributed by atoms with Gasteiger partial charge in [-0.05, 0) is 74.3 Å². The van der Waals surface area contributed by atoms with Gasteiger partial charge in [0, 0.05) is 22.9 Å². The third-order valence-corrected chi connectivity index (χ3v) is 19.3. The van der Waals surface area contributed by atoms with Crippen molar-refractivity contribution in [1.29, 1.82) is 0 Å². The van der Waals surface area contributed by atoms with Crippen molar-refractivity contribution >= 4 is 16.6 Å². The topological polar surface area (TPSA) is 30.9 Å². The number of hydrogen-bond donors (Lipinski definition) is 0. The van der Waals surface area contributed by atoms with E-state index < -0.39 is 16.6 Å². The second-order valence-corrected chi connectivity index (χ2v) is 24.1. The van der Waals surface area contributed by atoms with E-state index in [9.17, 15) is 0 Å². The quantitative estimate of drug-likeness (QED) is 0.323. The fourth-order valence-corrected chi connectivity index (χ4v) is 8.59. The van der Waals surface area contributed by atoms with Crippen molar-refractivity contribution in [2.45, 2.75) is 114 Å². The van der Waals surface area contributed by atoms with Crippen LogP contribution in [0.3, 0.4) is 0 Å². The molecule has 2 bridgehead atoms. The number of hydrogen-bond acceptors (Lipinski definition) is 4. The zero-order valence-electron chi connectivity index (χ0n) is 23.9. The van der Waals surface area contributed by atoms with Crippen LogP contribution in [-0.4, -0.2) is 53.4 Å². The van der Waals surface area contributed by atoms with Crippen LogP contribution < -0.4 is 9.16 Å². The van der Waals surface area contributed by atoms with Gasteiger partial charge in [0.15, 0.2) is 14.1 Å². The largest absolute Gasteiger partial charge is 0.541 e. The number of ether oxygens (including phenoxy) is 1. The fraction of sp³-hybridized carbons (Fsp3) is 0.724. The highest BCUT2D eigenvalue weighted by Gasteiger charge is 2.65. The van der Waals surface area contributed by atoms with E-state index in [1.807, 2.05) is 0 Å². The molecule has 4 aliphatic rings. The Kier molecular flexibility index (Phi) is 5.63. The lowest BCUT2D eigenvalue weighted by Crippen LogP contribution is -2.66. The van der Waals surface area contributed by atoms with Crippen LogP contribution in [0.25, 0.3) is 0 Å². The number of likely N-dealkylation sites (N-methyl/N-ethyl adjacent to an activating group) is 1. The Hall–Kier alpha value is -1.09. The Labute approximate surface area is 215 Å². The summed E-state index contributed by atoms with van der Waals surface area (Å²) in [5.74, 6) is 2.45. The molecule has 0 N–H and O–H groups in total. The van der Waals surface area contributed by atoms with Crippen LogP contribution in [0, 0.1) is 5.92 Å². The molecule has 6 heteroatoms. The summed E-state index contributed by atoms with van der Waals surface area (Å²) in [7, 11) is -1.68. The van der Waals surface area contributed by atoms with Crippen LogP contribution >= 0.6 is 0 Å². The van der Waals surface area contributed by atoms with E-state index in [1.165, 1.54) is 11.1 Å². The molecule has 2 unspecified atom stereocenters. The molecule has 4 nitrogen and oxygen atoms in total. The average molecular weight is 514 g/mol. The highest BCUT2D eigenvalue weighted by Crippen LogP contribution is 2.63. The number of nitrogens with zero attached hydrogens (tertiary/aromatic N) is 1. The third-order valence-electron chi connectivity index (χ3n) is 10.5. The van der Waals surface area contributed by atoms with E-state index in [4.69, 9.17) is 13.6 Å². The lowest BCUT2D eigenvalue weighted by molar-refractivity contribution is -0.0414. The summed E-state index contributed by atoms with van der Waals surface area (Å²) in [6, 6.07) is 5.07. The summed E-state index contributed by atoms with van der Waals surface area (Å²) in [5, 5.41) is 0.292. The Morgan fingerprint density at radius 1 is 0.971 bits per heavy atom. The molecule has 194 valence electrons. The lowest BCUT2D eigenvalue weighted by atomic mass is 9.53. The molecule has 1 saturated heterocycles. The smallest absolute Gasteiger partial charge is 0.250 e. The van der Waals surface area contributed by atoms with Gasteiger partial charge < -0.3 is 18.5 Å². The minimum absolute atomic E-state index is 0.0149. The van der Waals surface area contributed by atoms with Crippen molar-refractivity contribution in [2.75, 3.05) is 13.6 Å². The van der Waals surface area contributed by atoms with Crippen molar-refractivity contribution in [1.82, 2.24) is 4.90 Å². The molecule has 0 aromatic heterocycles. The molecule has 1 aromatic rings. The highest BCUT2D eigenvalue weighted by molar-refractivity contribution is 6.75. The SMILES string of the molecule is CN1CC[C@]23c4c5ccc(O[Si](C)(C)C(C)(C)C)c4OC2C(O[Si](C)(C)C(C)(C)C)C=C[C@H]3[C@H]1C5. The first kappa shape index (κ1) is 25.6. The van der Waals surface area contributed by atoms with Gasteiger partial charge in [-0.2, -0.15) is 0 Å². The summed E-state index contributed by atoms with van der Waals surface area (Å²) < 4.78 is 21.1. The van der Waals surface area contributed by atoms with E-state index >= 15 is 0 Å². The van der Waals surface area contributed by atoms with E-state index in [0.717, 1.165) is 30.9 Å². The summed E-state index contributed by atoms with van der Waals surface area (Å²) >= 11 is 0. The van der Waals surface area contributed by atoms with Crippen LogP contribution in [0.15, 0.2) is 24.3 Å². The standard InChI is InChI=1S/C29H47NO3Si2/c1-27(2,3)34(8,9)32-22-14-12-19-18-21-20-13-15-23(33-35(10,11)28(4,5)6)26-29(20,16-17-30(21)7)24(19)25(22)31-26/h12-15,20-21,23,26H,16-18H2,1-11H3/t20-,21+,23?,26?,29-/m0/s1. The predicted molar refractivity (Wildman–Crippen MR) is 150 cm³/mol. The van der Waals surface area contributed by atoms with Crippen molar-refractivity contribution in [3.8, 4) is 11.5 Å². The van der Waals surface area contributed by atoms with Gasteiger partial charge in [-0.3, -0.25) is 0 Å². The molecule has 2 aliphatic heterocycles. The average Bonchev–Trinajstić information content (AvgIpc) is 3.06. The van der Waals surface area contributed by atoms with Gasteiger partial charge >= 0.3 is 0 Å². The normalized spacial score (nSPS) is 32.3. The maximum absolute atomic E-state index is 7.10. The van der Waals surface area contributed by atoms with Gasteiger partial charge in [0.2, 0.25) is 0 Å². The Morgan fingerprint density at radius 2 is 1.63 bits per heavy atom. The first-order valence-corrected chi connectivity index (χ1v) is 19.4. The first-order valence-electron chi connectivity index (χ1n) is 13.6. The van der Waals surface area contributed by atoms with Crippen LogP contribution in [0.1, 0.15) is 59.1 Å². The van der Waals surface area contributed by atoms with Gasteiger partial charge in [0.1, 0.15) is 18.0 Å². The summed E-state index contributed by atoms with van der Waals surface area (Å²) in [6.45, 7) is 24.4. The highest BCUT2D eigenvalue weighted by atomic mass is 28.4. The van der Waals surface area contributed by atoms with Crippen LogP contribution in [-0.2, 0) is 16.3 Å². The molecule has 5 atom stereocenters. The minimum atomic E-state index is -2.01. The molecule has 35 heavy (non-hydrogen) atoms. The second-order valence-electron chi connectivity index (χ2n) is 14.6.